The molecule has 0 saturated heterocycles. The lowest BCUT2D eigenvalue weighted by Crippen LogP contribution is -2.30. The van der Waals surface area contributed by atoms with E-state index in [0.717, 1.165) is 89.9 Å². The number of unbranched alkanes of at least 4 members (excludes halogenated alkanes) is 50. The number of aliphatic hydroxyl groups excluding tert-OH is 1. The number of aliphatic hydroxyl groups is 1. The average molecular weight is 1380 g/mol. The van der Waals surface area contributed by atoms with E-state index in [9.17, 15) is 43.2 Å². The Morgan fingerprint density at radius 2 is 0.426 bits per heavy atom. The van der Waals surface area contributed by atoms with Crippen LogP contribution in [0.25, 0.3) is 0 Å². The summed E-state index contributed by atoms with van der Waals surface area (Å²) in [5.74, 6) is -2.11. The van der Waals surface area contributed by atoms with Gasteiger partial charge < -0.3 is 33.8 Å². The highest BCUT2D eigenvalue weighted by Crippen LogP contribution is 2.45. The molecule has 0 rings (SSSR count). The van der Waals surface area contributed by atoms with E-state index in [2.05, 4.69) is 27.7 Å². The number of phosphoric ester groups is 2. The lowest BCUT2D eigenvalue weighted by atomic mass is 10.0. The zero-order chi connectivity index (χ0) is 69.0. The van der Waals surface area contributed by atoms with E-state index >= 15 is 0 Å². The molecule has 0 heterocycles. The fourth-order valence-corrected chi connectivity index (χ4v) is 13.2. The molecule has 0 aromatic rings. The molecule has 94 heavy (non-hydrogen) atoms. The minimum atomic E-state index is -4.95. The molecule has 0 aromatic carbocycles. The first-order chi connectivity index (χ1) is 45.7. The van der Waals surface area contributed by atoms with Crippen LogP contribution >= 0.6 is 15.6 Å². The van der Waals surface area contributed by atoms with E-state index in [0.29, 0.717) is 25.7 Å². The van der Waals surface area contributed by atoms with Crippen molar-refractivity contribution < 1.29 is 80.2 Å². The molecule has 17 nitrogen and oxygen atoms in total. The molecule has 0 fully saturated rings. The van der Waals surface area contributed by atoms with E-state index in [1.54, 1.807) is 0 Å². The van der Waals surface area contributed by atoms with Crippen molar-refractivity contribution in [2.45, 2.75) is 418 Å². The monoisotopic (exact) mass is 1380 g/mol. The first-order valence-corrected chi connectivity index (χ1v) is 42.3. The van der Waals surface area contributed by atoms with Gasteiger partial charge in [-0.25, -0.2) is 9.13 Å². The average Bonchev–Trinajstić information content (AvgIpc) is 1.73. The van der Waals surface area contributed by atoms with Gasteiger partial charge in [0, 0.05) is 25.7 Å². The van der Waals surface area contributed by atoms with Crippen LogP contribution in [0.1, 0.15) is 400 Å². The first kappa shape index (κ1) is 92.1. The summed E-state index contributed by atoms with van der Waals surface area (Å²) in [6.45, 7) is 4.99. The molecule has 0 aromatic heterocycles. The third-order valence-corrected chi connectivity index (χ3v) is 19.5. The van der Waals surface area contributed by atoms with Gasteiger partial charge in [-0.15, -0.1) is 0 Å². The number of hydrogen-bond acceptors (Lipinski definition) is 15. The Morgan fingerprint density at radius 3 is 0.628 bits per heavy atom. The Bertz CT molecular complexity index is 1790. The van der Waals surface area contributed by atoms with Crippen LogP contribution in [0.2, 0.25) is 0 Å². The van der Waals surface area contributed by atoms with E-state index < -0.39 is 97.5 Å². The van der Waals surface area contributed by atoms with Gasteiger partial charge in [0.05, 0.1) is 26.4 Å². The Morgan fingerprint density at radius 1 is 0.255 bits per heavy atom. The van der Waals surface area contributed by atoms with Crippen LogP contribution in [0.3, 0.4) is 0 Å². The molecular formula is C75H146O17P2. The molecule has 0 bridgehead atoms. The molecule has 2 unspecified atom stereocenters. The van der Waals surface area contributed by atoms with Gasteiger partial charge in [-0.1, -0.05) is 349 Å². The summed E-state index contributed by atoms with van der Waals surface area (Å²) < 4.78 is 68.5. The maximum atomic E-state index is 13.1. The van der Waals surface area contributed by atoms with Crippen molar-refractivity contribution in [2.24, 2.45) is 0 Å². The Labute approximate surface area is 575 Å². The molecule has 0 saturated carbocycles. The standard InChI is InChI=1S/C75H146O17P2/c1-5-9-13-17-21-25-29-32-35-36-39-42-46-50-54-58-62-75(80)92-71(66-86-73(78)60-56-52-48-44-40-37-33-30-26-22-18-14-10-6-2)68-90-94(83,84)88-64-69(76)63-87-93(81,82)89-67-70(65-85-72(77)59-55-51-47-43-28-24-20-16-12-8-4)91-74(79)61-57-53-49-45-41-38-34-31-27-23-19-15-11-7-3/h69-71,76H,5-68H2,1-4H3,(H,81,82)(H,83,84)/t69-,70+,71+/m0/s1. The van der Waals surface area contributed by atoms with Crippen LogP contribution in [-0.4, -0.2) is 96.7 Å². The van der Waals surface area contributed by atoms with Crippen LogP contribution in [0.15, 0.2) is 0 Å². The number of hydrogen-bond donors (Lipinski definition) is 3. The van der Waals surface area contributed by atoms with Crippen LogP contribution < -0.4 is 0 Å². The molecule has 0 aliphatic rings. The highest BCUT2D eigenvalue weighted by molar-refractivity contribution is 7.47. The second kappa shape index (κ2) is 69.5. The van der Waals surface area contributed by atoms with Gasteiger partial charge in [-0.3, -0.25) is 37.3 Å². The zero-order valence-corrected chi connectivity index (χ0v) is 62.7. The van der Waals surface area contributed by atoms with Crippen molar-refractivity contribution in [1.29, 1.82) is 0 Å². The molecule has 558 valence electrons. The van der Waals surface area contributed by atoms with Crippen molar-refractivity contribution in [3.8, 4) is 0 Å². The summed E-state index contributed by atoms with van der Waals surface area (Å²) >= 11 is 0. The predicted molar refractivity (Wildman–Crippen MR) is 382 cm³/mol. The van der Waals surface area contributed by atoms with Gasteiger partial charge in [0.1, 0.15) is 19.3 Å². The molecule has 0 spiro atoms. The molecule has 5 atom stereocenters. The van der Waals surface area contributed by atoms with Gasteiger partial charge in [0.15, 0.2) is 12.2 Å². The van der Waals surface area contributed by atoms with Crippen molar-refractivity contribution >= 4 is 39.5 Å². The Balaban J connectivity index is 5.24. The van der Waals surface area contributed by atoms with E-state index in [-0.39, 0.29) is 25.7 Å². The predicted octanol–water partition coefficient (Wildman–Crippen LogP) is 22.2. The summed E-state index contributed by atoms with van der Waals surface area (Å²) in [6.07, 6.45) is 59.4. The largest absolute Gasteiger partial charge is 0.472 e. The summed E-state index contributed by atoms with van der Waals surface area (Å²) in [4.78, 5) is 72.8. The van der Waals surface area contributed by atoms with Gasteiger partial charge in [0.25, 0.3) is 0 Å². The van der Waals surface area contributed by atoms with E-state index in [4.69, 9.17) is 37.0 Å². The maximum Gasteiger partial charge on any atom is 0.472 e. The van der Waals surface area contributed by atoms with Crippen LogP contribution in [0.5, 0.6) is 0 Å². The molecule has 0 aliphatic carbocycles. The second-order valence-electron chi connectivity index (χ2n) is 27.0. The molecule has 0 aliphatic heterocycles. The fourth-order valence-electron chi connectivity index (χ4n) is 11.6. The van der Waals surface area contributed by atoms with Crippen molar-refractivity contribution in [3.05, 3.63) is 0 Å². The van der Waals surface area contributed by atoms with Crippen molar-refractivity contribution in [3.63, 3.8) is 0 Å². The SMILES string of the molecule is CCCCCCCCCCCCCCCCCCC(=O)O[C@H](COC(=O)CCCCCCCCCCCCCCCC)COP(=O)(O)OC[C@@H](O)COP(=O)(O)OC[C@@H](COC(=O)CCCCCCCCCCCC)OC(=O)CCCCCCCCCCCCCCCC. The first-order valence-electron chi connectivity index (χ1n) is 39.3. The van der Waals surface area contributed by atoms with E-state index in [1.807, 2.05) is 0 Å². The molecule has 3 N–H and O–H groups in total. The van der Waals surface area contributed by atoms with Crippen LogP contribution in [0.4, 0.5) is 0 Å². The number of phosphoric acid groups is 2. The Kier molecular flexibility index (Phi) is 68.1. The van der Waals surface area contributed by atoms with Gasteiger partial charge in [0.2, 0.25) is 0 Å². The lowest BCUT2D eigenvalue weighted by molar-refractivity contribution is -0.161. The zero-order valence-electron chi connectivity index (χ0n) is 60.9. The van der Waals surface area contributed by atoms with Gasteiger partial charge >= 0.3 is 39.5 Å². The molecule has 19 heteroatoms. The highest BCUT2D eigenvalue weighted by atomic mass is 31.2. The summed E-state index contributed by atoms with van der Waals surface area (Å²) in [6, 6.07) is 0. The number of esters is 4. The number of carbonyl (C=O) groups excluding carboxylic acids is 4. The smallest absolute Gasteiger partial charge is 0.462 e. The highest BCUT2D eigenvalue weighted by Gasteiger charge is 2.30. The van der Waals surface area contributed by atoms with Crippen LogP contribution in [-0.2, 0) is 65.4 Å². The Hall–Kier alpha value is -1.94. The molecule has 0 radical (unpaired) electrons. The third-order valence-electron chi connectivity index (χ3n) is 17.6. The summed E-state index contributed by atoms with van der Waals surface area (Å²) in [7, 11) is -9.91. The summed E-state index contributed by atoms with van der Waals surface area (Å²) in [5.41, 5.74) is 0. The fraction of sp³-hybridized carbons (Fsp3) is 0.947. The van der Waals surface area contributed by atoms with Crippen LogP contribution in [0, 0.1) is 0 Å². The minimum Gasteiger partial charge on any atom is -0.462 e. The quantitative estimate of drug-likeness (QED) is 0.0222. The minimum absolute atomic E-state index is 0.109. The van der Waals surface area contributed by atoms with Crippen molar-refractivity contribution in [2.75, 3.05) is 39.6 Å². The number of carbonyl (C=O) groups is 4. The number of rotatable bonds is 76. The second-order valence-corrected chi connectivity index (χ2v) is 29.9. The normalized spacial score (nSPS) is 13.9. The summed E-state index contributed by atoms with van der Waals surface area (Å²) in [5, 5.41) is 10.6. The van der Waals surface area contributed by atoms with Gasteiger partial charge in [-0.05, 0) is 25.7 Å². The van der Waals surface area contributed by atoms with E-state index in [1.165, 1.54) is 231 Å². The maximum absolute atomic E-state index is 13.1. The van der Waals surface area contributed by atoms with Crippen molar-refractivity contribution in [1.82, 2.24) is 0 Å². The lowest BCUT2D eigenvalue weighted by Gasteiger charge is -2.21. The number of ether oxygens (including phenoxy) is 4. The molecular weight excluding hydrogens is 1230 g/mol. The third kappa shape index (κ3) is 68.6. The molecule has 0 amide bonds. The van der Waals surface area contributed by atoms with Gasteiger partial charge in [-0.2, -0.15) is 0 Å². The topological polar surface area (TPSA) is 237 Å².